The lowest BCUT2D eigenvalue weighted by molar-refractivity contribution is 0.0773. The summed E-state index contributed by atoms with van der Waals surface area (Å²) in [6.07, 6.45) is 12.1. The second kappa shape index (κ2) is 12.9. The molecule has 0 spiro atoms. The second-order valence-corrected chi connectivity index (χ2v) is 11.7. The minimum atomic E-state index is 0. The number of nitrogens with one attached hydrogen (secondary N) is 1. The van der Waals surface area contributed by atoms with E-state index in [9.17, 15) is 10.2 Å². The van der Waals surface area contributed by atoms with E-state index >= 15 is 0 Å². The SMILES string of the molecule is Br.COc1ccc2c(c1OC)C[C@H]1CCCN[C@@H]1C2.Cl.Oc1ccc2c(c1O)C[C@H]1CCCN(C3CC3)[C@@H]1C2. The summed E-state index contributed by atoms with van der Waals surface area (Å²) in [5, 5.41) is 23.4. The van der Waals surface area contributed by atoms with Gasteiger partial charge in [0.05, 0.1) is 14.2 Å². The Morgan fingerprint density at radius 1 is 0.821 bits per heavy atom. The summed E-state index contributed by atoms with van der Waals surface area (Å²) in [5.74, 6) is 3.38. The Bertz CT molecular complexity index is 1140. The van der Waals surface area contributed by atoms with Gasteiger partial charge in [0, 0.05) is 29.3 Å². The van der Waals surface area contributed by atoms with Crippen LogP contribution in [-0.2, 0) is 25.7 Å². The van der Waals surface area contributed by atoms with Crippen LogP contribution >= 0.6 is 29.4 Å². The third kappa shape index (κ3) is 6.02. The highest BCUT2D eigenvalue weighted by Gasteiger charge is 2.42. The first-order valence-electron chi connectivity index (χ1n) is 14.3. The predicted molar refractivity (Wildman–Crippen MR) is 162 cm³/mol. The van der Waals surface area contributed by atoms with Crippen molar-refractivity contribution in [3.63, 3.8) is 0 Å². The summed E-state index contributed by atoms with van der Waals surface area (Å²) in [6.45, 7) is 2.43. The highest BCUT2D eigenvalue weighted by Crippen LogP contribution is 2.44. The highest BCUT2D eigenvalue weighted by molar-refractivity contribution is 8.93. The molecule has 7 rings (SSSR count). The topological polar surface area (TPSA) is 74.2 Å². The number of phenols is 2. The summed E-state index contributed by atoms with van der Waals surface area (Å²) in [5.41, 5.74) is 5.02. The van der Waals surface area contributed by atoms with Crippen molar-refractivity contribution in [1.29, 1.82) is 0 Å². The van der Waals surface area contributed by atoms with Gasteiger partial charge >= 0.3 is 0 Å². The van der Waals surface area contributed by atoms with Crippen LogP contribution in [0.5, 0.6) is 23.0 Å². The van der Waals surface area contributed by atoms with Crippen LogP contribution in [0.2, 0.25) is 0 Å². The molecule has 6 nitrogen and oxygen atoms in total. The minimum Gasteiger partial charge on any atom is -0.504 e. The zero-order chi connectivity index (χ0) is 25.5. The first kappa shape index (κ1) is 30.3. The van der Waals surface area contributed by atoms with Gasteiger partial charge in [-0.3, -0.25) is 4.90 Å². The molecule has 8 heteroatoms. The molecule has 2 aromatic carbocycles. The van der Waals surface area contributed by atoms with Gasteiger partial charge in [0.25, 0.3) is 0 Å². The third-order valence-electron chi connectivity index (χ3n) is 9.61. The van der Waals surface area contributed by atoms with Gasteiger partial charge in [0.1, 0.15) is 0 Å². The Balaban J connectivity index is 0.000000172. The number of nitrogens with zero attached hydrogens (tertiary/aromatic N) is 1. The molecule has 2 aliphatic heterocycles. The molecule has 0 amide bonds. The number of likely N-dealkylation sites (tertiary alicyclic amines) is 1. The van der Waals surface area contributed by atoms with Gasteiger partial charge in [-0.1, -0.05) is 12.1 Å². The van der Waals surface area contributed by atoms with E-state index in [-0.39, 0.29) is 40.9 Å². The number of benzene rings is 2. The second-order valence-electron chi connectivity index (χ2n) is 11.7. The smallest absolute Gasteiger partial charge is 0.164 e. The van der Waals surface area contributed by atoms with E-state index in [0.717, 1.165) is 54.7 Å². The zero-order valence-corrected chi connectivity index (χ0v) is 25.7. The fourth-order valence-electron chi connectivity index (χ4n) is 7.57. The number of hydrogen-bond acceptors (Lipinski definition) is 6. The van der Waals surface area contributed by atoms with Crippen molar-refractivity contribution in [2.75, 3.05) is 27.3 Å². The summed E-state index contributed by atoms with van der Waals surface area (Å²) < 4.78 is 11.0. The van der Waals surface area contributed by atoms with Crippen LogP contribution in [0.3, 0.4) is 0 Å². The van der Waals surface area contributed by atoms with Crippen molar-refractivity contribution in [2.24, 2.45) is 11.8 Å². The van der Waals surface area contributed by atoms with Crippen LogP contribution in [-0.4, -0.2) is 60.5 Å². The molecule has 4 atom stereocenters. The third-order valence-corrected chi connectivity index (χ3v) is 9.61. The molecule has 3 fully saturated rings. The van der Waals surface area contributed by atoms with Gasteiger partial charge in [0.2, 0.25) is 0 Å². The monoisotopic (exact) mass is 622 g/mol. The van der Waals surface area contributed by atoms with Crippen molar-refractivity contribution in [1.82, 2.24) is 10.2 Å². The molecule has 2 aromatic rings. The number of hydrogen-bond donors (Lipinski definition) is 3. The lowest BCUT2D eigenvalue weighted by Gasteiger charge is -2.45. The lowest BCUT2D eigenvalue weighted by atomic mass is 9.75. The van der Waals surface area contributed by atoms with Crippen molar-refractivity contribution in [3.8, 4) is 23.0 Å². The average Bonchev–Trinajstić information content (AvgIpc) is 3.78. The molecule has 1 saturated carbocycles. The Morgan fingerprint density at radius 3 is 2.28 bits per heavy atom. The van der Waals surface area contributed by atoms with E-state index in [2.05, 4.69) is 16.3 Å². The number of aromatic hydroxyl groups is 2. The maximum absolute atomic E-state index is 10.1. The molecule has 216 valence electrons. The fraction of sp³-hybridized carbons (Fsp3) is 0.613. The Morgan fingerprint density at radius 2 is 1.54 bits per heavy atom. The van der Waals surface area contributed by atoms with E-state index in [1.54, 1.807) is 20.3 Å². The summed E-state index contributed by atoms with van der Waals surface area (Å²) >= 11 is 0. The summed E-state index contributed by atoms with van der Waals surface area (Å²) in [6, 6.07) is 10.0. The highest BCUT2D eigenvalue weighted by atomic mass is 79.9. The molecule has 3 N–H and O–H groups in total. The van der Waals surface area contributed by atoms with Crippen LogP contribution < -0.4 is 14.8 Å². The van der Waals surface area contributed by atoms with Crippen molar-refractivity contribution >= 4 is 29.4 Å². The number of halogens is 2. The number of phenolic OH excluding ortho intramolecular Hbond substituents is 2. The minimum absolute atomic E-state index is 0. The van der Waals surface area contributed by atoms with Gasteiger partial charge in [-0.2, -0.15) is 0 Å². The normalized spacial score (nSPS) is 27.0. The number of piperidine rings is 2. The fourth-order valence-corrected chi connectivity index (χ4v) is 7.57. The molecular weight excluding hydrogens is 580 g/mol. The number of rotatable bonds is 3. The first-order valence-corrected chi connectivity index (χ1v) is 14.3. The number of ether oxygens (including phenoxy) is 2. The Hall–Kier alpha value is -1.67. The molecule has 0 aromatic heterocycles. The molecule has 39 heavy (non-hydrogen) atoms. The van der Waals surface area contributed by atoms with E-state index < -0.39 is 0 Å². The predicted octanol–water partition coefficient (Wildman–Crippen LogP) is 5.61. The van der Waals surface area contributed by atoms with Crippen molar-refractivity contribution < 1.29 is 19.7 Å². The lowest BCUT2D eigenvalue weighted by Crippen LogP contribution is -2.50. The van der Waals surface area contributed by atoms with E-state index in [4.69, 9.17) is 9.47 Å². The van der Waals surface area contributed by atoms with Gasteiger partial charge < -0.3 is 25.0 Å². The molecule has 0 radical (unpaired) electrons. The Kier molecular flexibility index (Phi) is 10.0. The van der Waals surface area contributed by atoms with E-state index in [1.807, 2.05) is 12.1 Å². The van der Waals surface area contributed by atoms with Gasteiger partial charge in [-0.15, -0.1) is 29.4 Å². The molecule has 5 aliphatic rings. The molecule has 2 heterocycles. The van der Waals surface area contributed by atoms with Crippen LogP contribution in [0.15, 0.2) is 24.3 Å². The van der Waals surface area contributed by atoms with Crippen LogP contribution in [0.4, 0.5) is 0 Å². The molecule has 3 aliphatic carbocycles. The van der Waals surface area contributed by atoms with Crippen molar-refractivity contribution in [3.05, 3.63) is 46.5 Å². The summed E-state index contributed by atoms with van der Waals surface area (Å²) in [7, 11) is 3.45. The largest absolute Gasteiger partial charge is 0.504 e. The maximum atomic E-state index is 10.1. The van der Waals surface area contributed by atoms with Gasteiger partial charge in [0.15, 0.2) is 23.0 Å². The van der Waals surface area contributed by atoms with Crippen LogP contribution in [0.25, 0.3) is 0 Å². The molecular formula is C31H44BrClN2O4. The molecule has 2 saturated heterocycles. The van der Waals surface area contributed by atoms with Crippen molar-refractivity contribution in [2.45, 2.75) is 82.3 Å². The van der Waals surface area contributed by atoms with Gasteiger partial charge in [-0.25, -0.2) is 0 Å². The number of fused-ring (bicyclic) bond motifs is 4. The van der Waals surface area contributed by atoms with Crippen LogP contribution in [0.1, 0.15) is 60.8 Å². The summed E-state index contributed by atoms with van der Waals surface area (Å²) in [4.78, 5) is 2.72. The molecule has 0 bridgehead atoms. The van der Waals surface area contributed by atoms with E-state index in [0.29, 0.717) is 18.0 Å². The Labute approximate surface area is 249 Å². The zero-order valence-electron chi connectivity index (χ0n) is 23.2. The quantitative estimate of drug-likeness (QED) is 0.386. The van der Waals surface area contributed by atoms with Crippen LogP contribution in [0, 0.1) is 11.8 Å². The standard InChI is InChI=1S/C16H21NO2.C15H21NO2.BrH.ClH/c18-15-6-3-10-9-14-11(8-13(10)16(15)19)2-1-7-17(14)12-4-5-12;1-17-14-6-5-10-9-13-11(4-3-7-16-13)8-12(10)15(14)18-2;;/h3,6,11-12,14,18-19H,1-2,4-5,7-9H2;5-6,11,13,16H,3-4,7-9H2,1-2H3;2*1H/t11-,14-;11-,13-;;/m11../s1. The molecule has 0 unspecified atom stereocenters. The first-order chi connectivity index (χ1) is 18.1. The number of methoxy groups -OCH3 is 2. The van der Waals surface area contributed by atoms with E-state index in [1.165, 1.54) is 68.3 Å². The maximum Gasteiger partial charge on any atom is 0.164 e. The average molecular weight is 624 g/mol. The van der Waals surface area contributed by atoms with Gasteiger partial charge in [-0.05, 0) is 112 Å².